The molecule has 3 aliphatic rings. The van der Waals surface area contributed by atoms with Crippen LogP contribution in [0.25, 0.3) is 0 Å². The molecular formula is C20H28ClF2N3. The number of hydrogen-bond donors (Lipinski definition) is 1. The zero-order valence-electron chi connectivity index (χ0n) is 15.2. The lowest BCUT2D eigenvalue weighted by atomic mass is 9.78. The number of nitrogens with zero attached hydrogens (tertiary/aromatic N) is 2. The summed E-state index contributed by atoms with van der Waals surface area (Å²) < 4.78 is 27.1. The predicted molar refractivity (Wildman–Crippen MR) is 102 cm³/mol. The maximum atomic E-state index is 13.6. The minimum atomic E-state index is -2.53. The molecule has 144 valence electrons. The summed E-state index contributed by atoms with van der Waals surface area (Å²) in [5, 5.41) is 4.15. The SMILES string of the molecule is FC1(F)CCN(c2c(Cl)cccc2CN2CCC3(CCNCC3)C2)CC1. The Morgan fingerprint density at radius 2 is 1.73 bits per heavy atom. The highest BCUT2D eigenvalue weighted by Crippen LogP contribution is 2.41. The van der Waals surface area contributed by atoms with E-state index in [0.717, 1.165) is 38.4 Å². The van der Waals surface area contributed by atoms with Crippen LogP contribution in [-0.2, 0) is 6.54 Å². The summed E-state index contributed by atoms with van der Waals surface area (Å²) >= 11 is 6.51. The minimum Gasteiger partial charge on any atom is -0.370 e. The number of piperidine rings is 2. The highest BCUT2D eigenvalue weighted by molar-refractivity contribution is 6.33. The van der Waals surface area contributed by atoms with E-state index in [1.54, 1.807) is 0 Å². The number of likely N-dealkylation sites (tertiary alicyclic amines) is 1. The average molecular weight is 384 g/mol. The largest absolute Gasteiger partial charge is 0.370 e. The molecule has 0 aromatic heterocycles. The van der Waals surface area contributed by atoms with Gasteiger partial charge in [0.2, 0.25) is 0 Å². The van der Waals surface area contributed by atoms with Crippen LogP contribution < -0.4 is 10.2 Å². The lowest BCUT2D eigenvalue weighted by molar-refractivity contribution is -0.0220. The molecule has 1 spiro atoms. The number of halogens is 3. The van der Waals surface area contributed by atoms with Gasteiger partial charge in [0.25, 0.3) is 5.92 Å². The molecule has 0 radical (unpaired) electrons. The van der Waals surface area contributed by atoms with Gasteiger partial charge in [-0.05, 0) is 55.9 Å². The molecular weight excluding hydrogens is 356 g/mol. The number of benzene rings is 1. The van der Waals surface area contributed by atoms with Crippen LogP contribution in [0.3, 0.4) is 0 Å². The van der Waals surface area contributed by atoms with Crippen molar-refractivity contribution in [1.29, 1.82) is 0 Å². The molecule has 0 atom stereocenters. The fraction of sp³-hybridized carbons (Fsp3) is 0.700. The van der Waals surface area contributed by atoms with E-state index in [2.05, 4.69) is 21.2 Å². The fourth-order valence-electron chi connectivity index (χ4n) is 4.87. The van der Waals surface area contributed by atoms with E-state index >= 15 is 0 Å². The van der Waals surface area contributed by atoms with Crippen LogP contribution in [0, 0.1) is 5.41 Å². The normalized spacial score (nSPS) is 25.7. The molecule has 1 aromatic rings. The summed E-state index contributed by atoms with van der Waals surface area (Å²) in [6.07, 6.45) is 3.61. The van der Waals surface area contributed by atoms with E-state index in [4.69, 9.17) is 11.6 Å². The van der Waals surface area contributed by atoms with E-state index in [1.807, 2.05) is 12.1 Å². The molecule has 4 rings (SSSR count). The zero-order chi connectivity index (χ0) is 18.2. The molecule has 0 unspecified atom stereocenters. The van der Waals surface area contributed by atoms with Crippen molar-refractivity contribution >= 4 is 17.3 Å². The van der Waals surface area contributed by atoms with Gasteiger partial charge in [-0.2, -0.15) is 0 Å². The van der Waals surface area contributed by atoms with Gasteiger partial charge in [-0.3, -0.25) is 4.90 Å². The van der Waals surface area contributed by atoms with Crippen molar-refractivity contribution in [2.45, 2.75) is 44.6 Å². The predicted octanol–water partition coefficient (Wildman–Crippen LogP) is 4.15. The minimum absolute atomic E-state index is 0.0858. The number of nitrogens with one attached hydrogen (secondary N) is 1. The Hall–Kier alpha value is -0.910. The summed E-state index contributed by atoms with van der Waals surface area (Å²) in [5.41, 5.74) is 2.61. The molecule has 0 amide bonds. The highest BCUT2D eigenvalue weighted by Gasteiger charge is 2.39. The van der Waals surface area contributed by atoms with E-state index in [9.17, 15) is 8.78 Å². The first-order valence-corrected chi connectivity index (χ1v) is 10.2. The molecule has 0 aliphatic carbocycles. The van der Waals surface area contributed by atoms with Crippen molar-refractivity contribution < 1.29 is 8.78 Å². The Balaban J connectivity index is 1.48. The molecule has 1 aromatic carbocycles. The van der Waals surface area contributed by atoms with E-state index in [-0.39, 0.29) is 12.8 Å². The first-order valence-electron chi connectivity index (χ1n) is 9.80. The Morgan fingerprint density at radius 3 is 2.46 bits per heavy atom. The van der Waals surface area contributed by atoms with Gasteiger partial charge in [-0.1, -0.05) is 23.7 Å². The molecule has 0 saturated carbocycles. The number of para-hydroxylation sites is 1. The highest BCUT2D eigenvalue weighted by atomic mass is 35.5. The van der Waals surface area contributed by atoms with Crippen molar-refractivity contribution in [2.24, 2.45) is 5.41 Å². The van der Waals surface area contributed by atoms with E-state index < -0.39 is 5.92 Å². The topological polar surface area (TPSA) is 18.5 Å². The van der Waals surface area contributed by atoms with Gasteiger partial charge in [-0.15, -0.1) is 0 Å². The summed E-state index contributed by atoms with van der Waals surface area (Å²) in [6, 6.07) is 5.98. The maximum absolute atomic E-state index is 13.6. The molecule has 26 heavy (non-hydrogen) atoms. The first-order chi connectivity index (χ1) is 12.5. The molecule has 3 aliphatic heterocycles. The third-order valence-corrected chi connectivity index (χ3v) is 6.76. The van der Waals surface area contributed by atoms with Gasteiger partial charge < -0.3 is 10.2 Å². The van der Waals surface area contributed by atoms with Crippen LogP contribution in [0.4, 0.5) is 14.5 Å². The van der Waals surface area contributed by atoms with Gasteiger partial charge in [0.15, 0.2) is 0 Å². The summed E-state index contributed by atoms with van der Waals surface area (Å²) in [6.45, 7) is 6.11. The summed E-state index contributed by atoms with van der Waals surface area (Å²) in [7, 11) is 0. The molecule has 3 saturated heterocycles. The third kappa shape index (κ3) is 3.85. The van der Waals surface area contributed by atoms with Gasteiger partial charge in [-0.25, -0.2) is 8.78 Å². The number of hydrogen-bond acceptors (Lipinski definition) is 3. The lowest BCUT2D eigenvalue weighted by Crippen LogP contribution is -2.40. The average Bonchev–Trinajstić information content (AvgIpc) is 2.98. The van der Waals surface area contributed by atoms with Gasteiger partial charge >= 0.3 is 0 Å². The van der Waals surface area contributed by atoms with Crippen LogP contribution in [0.15, 0.2) is 18.2 Å². The zero-order valence-corrected chi connectivity index (χ0v) is 16.0. The van der Waals surface area contributed by atoms with Crippen LogP contribution in [-0.4, -0.2) is 50.1 Å². The third-order valence-electron chi connectivity index (χ3n) is 6.46. The molecule has 3 nitrogen and oxygen atoms in total. The van der Waals surface area contributed by atoms with Gasteiger partial charge in [0.05, 0.1) is 10.7 Å². The maximum Gasteiger partial charge on any atom is 0.251 e. The van der Waals surface area contributed by atoms with Gasteiger partial charge in [0, 0.05) is 39.0 Å². The fourth-order valence-corrected chi connectivity index (χ4v) is 5.18. The van der Waals surface area contributed by atoms with E-state index in [1.165, 1.54) is 24.8 Å². The quantitative estimate of drug-likeness (QED) is 0.845. The Labute approximate surface area is 159 Å². The van der Waals surface area contributed by atoms with E-state index in [0.29, 0.717) is 23.5 Å². The van der Waals surface area contributed by atoms with Crippen molar-refractivity contribution in [3.05, 3.63) is 28.8 Å². The van der Waals surface area contributed by atoms with Crippen molar-refractivity contribution in [3.8, 4) is 0 Å². The second-order valence-corrected chi connectivity index (χ2v) is 8.71. The van der Waals surface area contributed by atoms with Crippen molar-refractivity contribution in [2.75, 3.05) is 44.2 Å². The molecule has 3 fully saturated rings. The second-order valence-electron chi connectivity index (χ2n) is 8.30. The standard InChI is InChI=1S/C20H28ClF2N3/c21-17-3-1-2-16(18(17)26-12-7-20(22,23)8-13-26)14-25-11-6-19(15-25)4-9-24-10-5-19/h1-3,24H,4-15H2. The molecule has 1 N–H and O–H groups in total. The number of rotatable bonds is 3. The van der Waals surface area contributed by atoms with Crippen molar-refractivity contribution in [1.82, 2.24) is 10.2 Å². The lowest BCUT2D eigenvalue weighted by Gasteiger charge is -2.36. The Kier molecular flexibility index (Phi) is 5.15. The Bertz CT molecular complexity index is 636. The van der Waals surface area contributed by atoms with Crippen LogP contribution in [0.5, 0.6) is 0 Å². The first kappa shape index (κ1) is 18.5. The summed E-state index contributed by atoms with van der Waals surface area (Å²) in [5.74, 6) is -2.53. The Morgan fingerprint density at radius 1 is 1.00 bits per heavy atom. The molecule has 6 heteroatoms. The van der Waals surface area contributed by atoms with Gasteiger partial charge in [0.1, 0.15) is 0 Å². The van der Waals surface area contributed by atoms with Crippen LogP contribution >= 0.6 is 11.6 Å². The summed E-state index contributed by atoms with van der Waals surface area (Å²) in [4.78, 5) is 4.59. The van der Waals surface area contributed by atoms with Crippen LogP contribution in [0.1, 0.15) is 37.7 Å². The number of anilines is 1. The van der Waals surface area contributed by atoms with Crippen LogP contribution in [0.2, 0.25) is 5.02 Å². The smallest absolute Gasteiger partial charge is 0.251 e. The number of alkyl halides is 2. The van der Waals surface area contributed by atoms with Crippen molar-refractivity contribution in [3.63, 3.8) is 0 Å². The second kappa shape index (κ2) is 7.25. The molecule has 3 heterocycles. The monoisotopic (exact) mass is 383 g/mol. The molecule has 0 bridgehead atoms.